The summed E-state index contributed by atoms with van der Waals surface area (Å²) in [5.74, 6) is 0. The van der Waals surface area contributed by atoms with Crippen LogP contribution < -0.4 is 5.73 Å². The number of pyridine rings is 1. The largest absolute Gasteiger partial charge is 0.321 e. The number of halogens is 1. The first-order valence-electron chi connectivity index (χ1n) is 6.34. The minimum absolute atomic E-state index is 0.390. The molecule has 2 N–H and O–H groups in total. The molecular weight excluding hydrogens is 300 g/mol. The zero-order valence-corrected chi connectivity index (χ0v) is 13.2. The maximum Gasteiger partial charge on any atom is 0.0425 e. The van der Waals surface area contributed by atoms with Gasteiger partial charge in [0.15, 0.2) is 0 Å². The maximum absolute atomic E-state index is 6.55. The SMILES string of the molecule is Cc1ccc(C)c(C(C)(N)Cc2cncc(Br)c2)c1. The number of aromatic nitrogens is 1. The number of nitrogens with zero attached hydrogens (tertiary/aromatic N) is 1. The highest BCUT2D eigenvalue weighted by molar-refractivity contribution is 9.10. The second kappa shape index (κ2) is 5.43. The molecule has 0 aliphatic carbocycles. The predicted molar refractivity (Wildman–Crippen MR) is 83.1 cm³/mol. The van der Waals surface area contributed by atoms with Gasteiger partial charge >= 0.3 is 0 Å². The van der Waals surface area contributed by atoms with Gasteiger partial charge in [0.2, 0.25) is 0 Å². The van der Waals surface area contributed by atoms with Crippen LogP contribution in [0.15, 0.2) is 41.1 Å². The van der Waals surface area contributed by atoms with E-state index in [-0.39, 0.29) is 0 Å². The van der Waals surface area contributed by atoms with Crippen molar-refractivity contribution in [2.24, 2.45) is 5.73 Å². The number of aryl methyl sites for hydroxylation is 2. The van der Waals surface area contributed by atoms with E-state index >= 15 is 0 Å². The summed E-state index contributed by atoms with van der Waals surface area (Å²) in [4.78, 5) is 4.20. The molecule has 0 aliphatic rings. The highest BCUT2D eigenvalue weighted by Crippen LogP contribution is 2.27. The fraction of sp³-hybridized carbons (Fsp3) is 0.312. The summed E-state index contributed by atoms with van der Waals surface area (Å²) in [6.07, 6.45) is 4.43. The lowest BCUT2D eigenvalue weighted by molar-refractivity contribution is 0.487. The summed E-state index contributed by atoms with van der Waals surface area (Å²) in [7, 11) is 0. The van der Waals surface area contributed by atoms with Gasteiger partial charge in [0.1, 0.15) is 0 Å². The summed E-state index contributed by atoms with van der Waals surface area (Å²) in [5, 5.41) is 0. The van der Waals surface area contributed by atoms with Crippen LogP contribution in [-0.2, 0) is 12.0 Å². The summed E-state index contributed by atoms with van der Waals surface area (Å²) < 4.78 is 0.988. The Morgan fingerprint density at radius 2 is 1.95 bits per heavy atom. The Morgan fingerprint density at radius 1 is 1.21 bits per heavy atom. The number of hydrogen-bond donors (Lipinski definition) is 1. The van der Waals surface area contributed by atoms with E-state index in [9.17, 15) is 0 Å². The Bertz CT molecular complexity index is 591. The molecule has 1 atom stereocenters. The number of rotatable bonds is 3. The van der Waals surface area contributed by atoms with Gasteiger partial charge in [-0.2, -0.15) is 0 Å². The molecule has 0 bridgehead atoms. The van der Waals surface area contributed by atoms with Crippen molar-refractivity contribution in [1.29, 1.82) is 0 Å². The van der Waals surface area contributed by atoms with Crippen molar-refractivity contribution in [2.75, 3.05) is 0 Å². The van der Waals surface area contributed by atoms with Crippen LogP contribution in [0.2, 0.25) is 0 Å². The average Bonchev–Trinajstić information content (AvgIpc) is 2.31. The Kier molecular flexibility index (Phi) is 4.07. The van der Waals surface area contributed by atoms with E-state index in [4.69, 9.17) is 5.73 Å². The Hall–Kier alpha value is -1.19. The van der Waals surface area contributed by atoms with Crippen molar-refractivity contribution in [3.05, 3.63) is 63.4 Å². The molecule has 19 heavy (non-hydrogen) atoms. The van der Waals surface area contributed by atoms with E-state index in [2.05, 4.69) is 66.0 Å². The van der Waals surface area contributed by atoms with Crippen LogP contribution in [-0.4, -0.2) is 4.98 Å². The third-order valence-corrected chi connectivity index (χ3v) is 3.77. The number of hydrogen-bond acceptors (Lipinski definition) is 2. The van der Waals surface area contributed by atoms with Gasteiger partial charge in [-0.1, -0.05) is 23.8 Å². The molecule has 0 radical (unpaired) electrons. The summed E-state index contributed by atoms with van der Waals surface area (Å²) in [5.41, 5.74) is 11.0. The minimum atomic E-state index is -0.390. The molecule has 1 heterocycles. The summed E-state index contributed by atoms with van der Waals surface area (Å²) >= 11 is 3.45. The van der Waals surface area contributed by atoms with Crippen molar-refractivity contribution in [2.45, 2.75) is 32.7 Å². The molecule has 0 spiro atoms. The third-order valence-electron chi connectivity index (χ3n) is 3.34. The fourth-order valence-corrected chi connectivity index (χ4v) is 2.84. The molecule has 3 heteroatoms. The lowest BCUT2D eigenvalue weighted by atomic mass is 9.84. The second-order valence-electron chi connectivity index (χ2n) is 5.42. The quantitative estimate of drug-likeness (QED) is 0.932. The molecule has 0 fully saturated rings. The van der Waals surface area contributed by atoms with Gasteiger partial charge < -0.3 is 5.73 Å². The standard InChI is InChI=1S/C16H19BrN2/c1-11-4-5-12(2)15(6-11)16(3,18)8-13-7-14(17)10-19-9-13/h4-7,9-10H,8,18H2,1-3H3. The molecule has 0 aliphatic heterocycles. The molecule has 0 saturated heterocycles. The number of nitrogens with two attached hydrogens (primary N) is 1. The molecule has 100 valence electrons. The highest BCUT2D eigenvalue weighted by atomic mass is 79.9. The molecule has 1 aromatic carbocycles. The predicted octanol–water partition coefficient (Wildman–Crippen LogP) is 3.88. The molecule has 0 saturated carbocycles. The van der Waals surface area contributed by atoms with Crippen molar-refractivity contribution in [3.63, 3.8) is 0 Å². The smallest absolute Gasteiger partial charge is 0.0425 e. The van der Waals surface area contributed by atoms with Crippen molar-refractivity contribution in [3.8, 4) is 0 Å². The normalized spacial score (nSPS) is 14.2. The first-order valence-corrected chi connectivity index (χ1v) is 7.14. The van der Waals surface area contributed by atoms with Crippen LogP contribution in [0.5, 0.6) is 0 Å². The fourth-order valence-electron chi connectivity index (χ4n) is 2.42. The monoisotopic (exact) mass is 318 g/mol. The maximum atomic E-state index is 6.55. The summed E-state index contributed by atoms with van der Waals surface area (Å²) in [6.45, 7) is 6.29. The lowest BCUT2D eigenvalue weighted by Crippen LogP contribution is -2.36. The summed E-state index contributed by atoms with van der Waals surface area (Å²) in [6, 6.07) is 8.51. The minimum Gasteiger partial charge on any atom is -0.321 e. The van der Waals surface area contributed by atoms with Gasteiger partial charge in [0.25, 0.3) is 0 Å². The van der Waals surface area contributed by atoms with Crippen molar-refractivity contribution < 1.29 is 0 Å². The highest BCUT2D eigenvalue weighted by Gasteiger charge is 2.23. The Morgan fingerprint density at radius 3 is 2.63 bits per heavy atom. The second-order valence-corrected chi connectivity index (χ2v) is 6.34. The van der Waals surface area contributed by atoms with Crippen LogP contribution in [0, 0.1) is 13.8 Å². The van der Waals surface area contributed by atoms with Crippen LogP contribution in [0.3, 0.4) is 0 Å². The van der Waals surface area contributed by atoms with Gasteiger partial charge in [-0.15, -0.1) is 0 Å². The van der Waals surface area contributed by atoms with Gasteiger partial charge in [0, 0.05) is 22.4 Å². The zero-order chi connectivity index (χ0) is 14.0. The molecule has 2 rings (SSSR count). The van der Waals surface area contributed by atoms with Crippen LogP contribution in [0.25, 0.3) is 0 Å². The van der Waals surface area contributed by atoms with E-state index in [0.717, 1.165) is 16.5 Å². The molecule has 0 amide bonds. The van der Waals surface area contributed by atoms with Crippen molar-refractivity contribution >= 4 is 15.9 Å². The van der Waals surface area contributed by atoms with E-state index < -0.39 is 5.54 Å². The molecule has 1 aromatic heterocycles. The van der Waals surface area contributed by atoms with E-state index in [1.165, 1.54) is 16.7 Å². The van der Waals surface area contributed by atoms with Crippen LogP contribution in [0.4, 0.5) is 0 Å². The molecule has 2 nitrogen and oxygen atoms in total. The van der Waals surface area contributed by atoms with Gasteiger partial charge in [-0.3, -0.25) is 4.98 Å². The molecular formula is C16H19BrN2. The zero-order valence-electron chi connectivity index (χ0n) is 11.6. The van der Waals surface area contributed by atoms with E-state index in [1.807, 2.05) is 6.20 Å². The topological polar surface area (TPSA) is 38.9 Å². The first kappa shape index (κ1) is 14.2. The lowest BCUT2D eigenvalue weighted by Gasteiger charge is -2.27. The average molecular weight is 319 g/mol. The molecule has 1 unspecified atom stereocenters. The van der Waals surface area contributed by atoms with Gasteiger partial charge in [0.05, 0.1) is 0 Å². The van der Waals surface area contributed by atoms with E-state index in [0.29, 0.717) is 0 Å². The van der Waals surface area contributed by atoms with Gasteiger partial charge in [-0.25, -0.2) is 0 Å². The van der Waals surface area contributed by atoms with Gasteiger partial charge in [-0.05, 0) is 65.9 Å². The first-order chi connectivity index (χ1) is 8.88. The van der Waals surface area contributed by atoms with Crippen LogP contribution >= 0.6 is 15.9 Å². The van der Waals surface area contributed by atoms with E-state index in [1.54, 1.807) is 6.20 Å². The Balaban J connectivity index is 2.34. The van der Waals surface area contributed by atoms with Crippen molar-refractivity contribution in [1.82, 2.24) is 4.98 Å². The Labute approximate surface area is 123 Å². The molecule has 2 aromatic rings. The van der Waals surface area contributed by atoms with Crippen LogP contribution in [0.1, 0.15) is 29.2 Å². The number of benzene rings is 1. The third kappa shape index (κ3) is 3.43.